The molecular formula is C21H28N4O4. The van der Waals surface area contributed by atoms with Crippen molar-refractivity contribution in [2.24, 2.45) is 0 Å². The van der Waals surface area contributed by atoms with Gasteiger partial charge in [-0.15, -0.1) is 0 Å². The normalized spacial score (nSPS) is 25.4. The summed E-state index contributed by atoms with van der Waals surface area (Å²) >= 11 is 0. The number of nitrogens with zero attached hydrogens (tertiary/aromatic N) is 3. The summed E-state index contributed by atoms with van der Waals surface area (Å²) in [6.45, 7) is 4.60. The number of β-amino-alcohol motifs (C(OH)–C–C–N with tert-alkyl or cyclic N) is 1. The van der Waals surface area contributed by atoms with E-state index in [9.17, 15) is 19.5 Å². The second-order valence-electron chi connectivity index (χ2n) is 8.45. The van der Waals surface area contributed by atoms with E-state index in [0.29, 0.717) is 51.3 Å². The fourth-order valence-electron chi connectivity index (χ4n) is 4.96. The molecule has 156 valence electrons. The molecule has 0 aliphatic carbocycles. The van der Waals surface area contributed by atoms with Crippen molar-refractivity contribution in [2.45, 2.75) is 37.5 Å². The van der Waals surface area contributed by atoms with Gasteiger partial charge in [-0.1, -0.05) is 18.2 Å². The Morgan fingerprint density at radius 3 is 2.48 bits per heavy atom. The molecule has 0 unspecified atom stereocenters. The van der Waals surface area contributed by atoms with Crippen molar-refractivity contribution in [3.8, 4) is 0 Å². The lowest BCUT2D eigenvalue weighted by molar-refractivity contribution is -0.146. The first-order valence-electron chi connectivity index (χ1n) is 10.2. The quantitative estimate of drug-likeness (QED) is 0.723. The van der Waals surface area contributed by atoms with Crippen molar-refractivity contribution >= 4 is 17.7 Å². The molecule has 2 atom stereocenters. The topological polar surface area (TPSA) is 93.2 Å². The smallest absolute Gasteiger partial charge is 0.253 e. The van der Waals surface area contributed by atoms with E-state index in [0.717, 1.165) is 0 Å². The van der Waals surface area contributed by atoms with Crippen molar-refractivity contribution in [1.29, 1.82) is 0 Å². The molecule has 8 heteroatoms. The number of hydrogen-bond acceptors (Lipinski definition) is 5. The number of nitrogens with one attached hydrogen (secondary N) is 1. The minimum Gasteiger partial charge on any atom is -0.392 e. The Hall–Kier alpha value is -2.45. The Labute approximate surface area is 170 Å². The molecule has 3 amide bonds. The fraction of sp³-hybridized carbons (Fsp3) is 0.571. The molecule has 8 nitrogen and oxygen atoms in total. The molecule has 1 aromatic carbocycles. The summed E-state index contributed by atoms with van der Waals surface area (Å²) in [7, 11) is 0. The molecule has 3 aliphatic heterocycles. The zero-order chi connectivity index (χ0) is 20.6. The number of aliphatic hydroxyl groups excluding tert-OH is 1. The van der Waals surface area contributed by atoms with E-state index >= 15 is 0 Å². The van der Waals surface area contributed by atoms with E-state index < -0.39 is 6.10 Å². The number of carbonyl (C=O) groups is 3. The van der Waals surface area contributed by atoms with Gasteiger partial charge in [0.15, 0.2) is 0 Å². The fourth-order valence-corrected chi connectivity index (χ4v) is 4.96. The minimum atomic E-state index is -0.398. The van der Waals surface area contributed by atoms with Crippen LogP contribution in [-0.2, 0) is 9.59 Å². The summed E-state index contributed by atoms with van der Waals surface area (Å²) < 4.78 is 0. The van der Waals surface area contributed by atoms with E-state index in [1.165, 1.54) is 6.92 Å². The van der Waals surface area contributed by atoms with Crippen LogP contribution in [0, 0.1) is 0 Å². The molecule has 1 spiro atoms. The molecular weight excluding hydrogens is 372 g/mol. The van der Waals surface area contributed by atoms with Gasteiger partial charge in [-0.3, -0.25) is 19.3 Å². The average Bonchev–Trinajstić information content (AvgIpc) is 3.05. The number of hydrogen-bond donors (Lipinski definition) is 2. The largest absolute Gasteiger partial charge is 0.392 e. The summed E-state index contributed by atoms with van der Waals surface area (Å²) in [5.41, 5.74) is 0.369. The number of carbonyl (C=O) groups excluding carboxylic acids is 3. The van der Waals surface area contributed by atoms with Crippen molar-refractivity contribution in [3.05, 3.63) is 35.9 Å². The number of aliphatic hydroxyl groups is 1. The molecule has 0 bridgehead atoms. The highest BCUT2D eigenvalue weighted by atomic mass is 16.3. The lowest BCUT2D eigenvalue weighted by Gasteiger charge is -2.60. The third kappa shape index (κ3) is 3.86. The molecule has 2 N–H and O–H groups in total. The Morgan fingerprint density at radius 2 is 1.79 bits per heavy atom. The summed E-state index contributed by atoms with van der Waals surface area (Å²) in [5, 5.41) is 12.9. The van der Waals surface area contributed by atoms with Gasteiger partial charge >= 0.3 is 0 Å². The zero-order valence-electron chi connectivity index (χ0n) is 16.7. The van der Waals surface area contributed by atoms with Crippen LogP contribution in [0.3, 0.4) is 0 Å². The van der Waals surface area contributed by atoms with Crippen molar-refractivity contribution in [2.75, 3.05) is 39.3 Å². The number of piperazine rings is 1. The highest BCUT2D eigenvalue weighted by Crippen LogP contribution is 2.39. The predicted molar refractivity (Wildman–Crippen MR) is 106 cm³/mol. The summed E-state index contributed by atoms with van der Waals surface area (Å²) in [5.74, 6) is -0.138. The maximum atomic E-state index is 12.8. The maximum absolute atomic E-state index is 12.8. The van der Waals surface area contributed by atoms with Crippen LogP contribution in [0.2, 0.25) is 0 Å². The first-order chi connectivity index (χ1) is 13.9. The molecule has 0 aromatic heterocycles. The first kappa shape index (κ1) is 19.8. The van der Waals surface area contributed by atoms with Crippen LogP contribution in [0.5, 0.6) is 0 Å². The highest BCUT2D eigenvalue weighted by molar-refractivity contribution is 5.95. The Bertz CT molecular complexity index is 793. The number of fused-ring (bicyclic) bond motifs is 2. The average molecular weight is 400 g/mol. The van der Waals surface area contributed by atoms with Crippen LogP contribution in [-0.4, -0.2) is 94.5 Å². The summed E-state index contributed by atoms with van der Waals surface area (Å²) in [6.07, 6.45) is 0.506. The zero-order valence-corrected chi connectivity index (χ0v) is 16.7. The number of rotatable bonds is 4. The molecule has 29 heavy (non-hydrogen) atoms. The minimum absolute atomic E-state index is 0.00151. The first-order valence-corrected chi connectivity index (χ1v) is 10.2. The van der Waals surface area contributed by atoms with E-state index in [-0.39, 0.29) is 35.7 Å². The second-order valence-corrected chi connectivity index (χ2v) is 8.45. The van der Waals surface area contributed by atoms with Gasteiger partial charge < -0.3 is 20.2 Å². The molecule has 3 aliphatic rings. The van der Waals surface area contributed by atoms with Gasteiger partial charge in [-0.05, 0) is 18.6 Å². The Kier molecular flexibility index (Phi) is 5.31. The third-order valence-electron chi connectivity index (χ3n) is 6.26. The van der Waals surface area contributed by atoms with Crippen LogP contribution < -0.4 is 5.32 Å². The van der Waals surface area contributed by atoms with Crippen molar-refractivity contribution < 1.29 is 19.5 Å². The van der Waals surface area contributed by atoms with Crippen LogP contribution in [0.1, 0.15) is 30.1 Å². The van der Waals surface area contributed by atoms with Crippen LogP contribution in [0.4, 0.5) is 0 Å². The lowest BCUT2D eigenvalue weighted by atomic mass is 9.83. The van der Waals surface area contributed by atoms with Crippen LogP contribution in [0.25, 0.3) is 0 Å². The number of amides is 3. The molecule has 3 fully saturated rings. The monoisotopic (exact) mass is 400 g/mol. The SMILES string of the molecule is CC(=O)NCCC(=O)N1C[C@@H]2C[C@@H](O)CN2C2(C1)CN(C(=O)c1ccccc1)C2. The molecule has 4 rings (SSSR count). The Balaban J connectivity index is 1.44. The molecule has 0 radical (unpaired) electrons. The van der Waals surface area contributed by atoms with Crippen LogP contribution >= 0.6 is 0 Å². The van der Waals surface area contributed by atoms with E-state index in [1.54, 1.807) is 0 Å². The Morgan fingerprint density at radius 1 is 1.10 bits per heavy atom. The molecule has 3 saturated heterocycles. The van der Waals surface area contributed by atoms with Gasteiger partial charge in [-0.2, -0.15) is 0 Å². The highest BCUT2D eigenvalue weighted by Gasteiger charge is 2.57. The second kappa shape index (κ2) is 7.76. The summed E-state index contributed by atoms with van der Waals surface area (Å²) in [4.78, 5) is 42.5. The lowest BCUT2D eigenvalue weighted by Crippen LogP contribution is -2.79. The van der Waals surface area contributed by atoms with Gasteiger partial charge in [0, 0.05) is 64.2 Å². The molecule has 1 aromatic rings. The van der Waals surface area contributed by atoms with Gasteiger partial charge in [0.2, 0.25) is 11.8 Å². The third-order valence-corrected chi connectivity index (χ3v) is 6.26. The maximum Gasteiger partial charge on any atom is 0.253 e. The van der Waals surface area contributed by atoms with E-state index in [2.05, 4.69) is 10.2 Å². The van der Waals surface area contributed by atoms with Crippen molar-refractivity contribution in [3.63, 3.8) is 0 Å². The van der Waals surface area contributed by atoms with Gasteiger partial charge in [0.1, 0.15) is 0 Å². The van der Waals surface area contributed by atoms with E-state index in [1.807, 2.05) is 40.1 Å². The summed E-state index contributed by atoms with van der Waals surface area (Å²) in [6, 6.07) is 9.33. The van der Waals surface area contributed by atoms with Gasteiger partial charge in [-0.25, -0.2) is 0 Å². The van der Waals surface area contributed by atoms with E-state index in [4.69, 9.17) is 0 Å². The number of likely N-dealkylation sites (tertiary alicyclic amines) is 1. The van der Waals surface area contributed by atoms with Gasteiger partial charge in [0.05, 0.1) is 11.6 Å². The van der Waals surface area contributed by atoms with Gasteiger partial charge in [0.25, 0.3) is 5.91 Å². The predicted octanol–water partition coefficient (Wildman–Crippen LogP) is -0.315. The standard InChI is InChI=1S/C21H28N4O4/c1-15(26)22-8-7-19(28)23-10-17-9-18(27)11-25(17)21(12-23)13-24(14-21)20(29)16-5-3-2-4-6-16/h2-6,17-18,27H,7-14H2,1H3,(H,22,26)/t17-,18+/m0/s1. The van der Waals surface area contributed by atoms with Crippen molar-refractivity contribution in [1.82, 2.24) is 20.0 Å². The molecule has 0 saturated carbocycles. The molecule has 3 heterocycles. The number of benzene rings is 1. The van der Waals surface area contributed by atoms with Crippen LogP contribution in [0.15, 0.2) is 30.3 Å².